The summed E-state index contributed by atoms with van der Waals surface area (Å²) in [4.78, 5) is 24.3. The van der Waals surface area contributed by atoms with Crippen LogP contribution in [0.5, 0.6) is 5.75 Å². The van der Waals surface area contributed by atoms with Crippen LogP contribution in [0.25, 0.3) is 0 Å². The molecule has 6 nitrogen and oxygen atoms in total. The third-order valence-corrected chi connectivity index (χ3v) is 4.61. The fourth-order valence-corrected chi connectivity index (χ4v) is 3.00. The fraction of sp³-hybridized carbons (Fsp3) is 0.167. The summed E-state index contributed by atoms with van der Waals surface area (Å²) in [5.74, 6) is -0.712. The number of nitrogens with one attached hydrogen (secondary N) is 1. The lowest BCUT2D eigenvalue weighted by molar-refractivity contribution is -0.133. The lowest BCUT2D eigenvalue weighted by Gasteiger charge is -2.19. The van der Waals surface area contributed by atoms with Gasteiger partial charge in [-0.1, -0.05) is 72.8 Å². The van der Waals surface area contributed by atoms with Crippen LogP contribution in [0.1, 0.15) is 22.8 Å². The maximum absolute atomic E-state index is 12.4. The molecule has 0 radical (unpaired) electrons. The van der Waals surface area contributed by atoms with E-state index in [2.05, 4.69) is 5.32 Å². The number of hydrogen-bond acceptors (Lipinski definition) is 4. The summed E-state index contributed by atoms with van der Waals surface area (Å²) in [7, 11) is 0. The molecule has 0 aliphatic heterocycles. The van der Waals surface area contributed by atoms with Crippen molar-refractivity contribution < 1.29 is 19.4 Å². The minimum Gasteiger partial charge on any atom is -0.489 e. The van der Waals surface area contributed by atoms with Gasteiger partial charge in [0.25, 0.3) is 5.91 Å². The molecule has 3 aromatic carbocycles. The molecule has 0 bridgehead atoms. The fourth-order valence-electron chi connectivity index (χ4n) is 3.00. The maximum Gasteiger partial charge on any atom is 0.254 e. The Kier molecular flexibility index (Phi) is 7.19. The number of aliphatic hydroxyl groups is 1. The van der Waals surface area contributed by atoms with Gasteiger partial charge in [-0.05, 0) is 28.8 Å². The van der Waals surface area contributed by atoms with Crippen LogP contribution in [-0.2, 0) is 22.6 Å². The van der Waals surface area contributed by atoms with Crippen molar-refractivity contribution in [2.45, 2.75) is 25.2 Å². The van der Waals surface area contributed by atoms with Gasteiger partial charge >= 0.3 is 0 Å². The largest absolute Gasteiger partial charge is 0.489 e. The molecule has 4 N–H and O–H groups in total. The number of carbonyl (C=O) groups excluding carboxylic acids is 2. The second-order valence-electron chi connectivity index (χ2n) is 6.90. The zero-order valence-corrected chi connectivity index (χ0v) is 16.4. The topological polar surface area (TPSA) is 102 Å². The monoisotopic (exact) mass is 404 g/mol. The highest BCUT2D eigenvalue weighted by Gasteiger charge is 2.24. The number of ether oxygens (including phenoxy) is 1. The number of amides is 2. The van der Waals surface area contributed by atoms with E-state index >= 15 is 0 Å². The van der Waals surface area contributed by atoms with Gasteiger partial charge in [-0.3, -0.25) is 9.59 Å². The number of hydrogen-bond donors (Lipinski definition) is 3. The van der Waals surface area contributed by atoms with Crippen molar-refractivity contribution in [3.63, 3.8) is 0 Å². The summed E-state index contributed by atoms with van der Waals surface area (Å²) < 4.78 is 5.81. The minimum absolute atomic E-state index is 0.186. The number of benzene rings is 3. The molecule has 2 atom stereocenters. The summed E-state index contributed by atoms with van der Waals surface area (Å²) >= 11 is 0. The first-order chi connectivity index (χ1) is 14.5. The molecule has 3 rings (SSSR count). The smallest absolute Gasteiger partial charge is 0.254 e. The molecule has 0 saturated carbocycles. The van der Waals surface area contributed by atoms with Gasteiger partial charge in [0.2, 0.25) is 5.91 Å². The lowest BCUT2D eigenvalue weighted by atomic mass is 10.0. The molecule has 0 saturated heterocycles. The predicted molar refractivity (Wildman–Crippen MR) is 113 cm³/mol. The highest BCUT2D eigenvalue weighted by atomic mass is 16.5. The number of carbonyl (C=O) groups is 2. The van der Waals surface area contributed by atoms with Crippen LogP contribution in [0.4, 0.5) is 0 Å². The summed E-state index contributed by atoms with van der Waals surface area (Å²) in [5.41, 5.74) is 7.74. The molecular weight excluding hydrogens is 380 g/mol. The average molecular weight is 404 g/mol. The molecule has 30 heavy (non-hydrogen) atoms. The number of aliphatic hydroxyl groups excluding tert-OH is 1. The summed E-state index contributed by atoms with van der Waals surface area (Å²) in [6.45, 7) is 0.420. The Morgan fingerprint density at radius 3 is 2.20 bits per heavy atom. The molecule has 0 aromatic heterocycles. The van der Waals surface area contributed by atoms with E-state index in [0.29, 0.717) is 17.9 Å². The average Bonchev–Trinajstić information content (AvgIpc) is 2.78. The molecule has 0 fully saturated rings. The summed E-state index contributed by atoms with van der Waals surface area (Å²) in [5, 5.41) is 12.8. The van der Waals surface area contributed by atoms with Gasteiger partial charge < -0.3 is 20.9 Å². The van der Waals surface area contributed by atoms with Crippen molar-refractivity contribution in [3.8, 4) is 5.75 Å². The van der Waals surface area contributed by atoms with Gasteiger partial charge in [0.15, 0.2) is 6.10 Å². The summed E-state index contributed by atoms with van der Waals surface area (Å²) in [6, 6.07) is 24.6. The zero-order valence-electron chi connectivity index (χ0n) is 16.4. The maximum atomic E-state index is 12.4. The number of rotatable bonds is 9. The van der Waals surface area contributed by atoms with Gasteiger partial charge in [-0.25, -0.2) is 0 Å². The third-order valence-electron chi connectivity index (χ3n) is 4.61. The van der Waals surface area contributed by atoms with Crippen molar-refractivity contribution in [2.75, 3.05) is 0 Å². The SMILES string of the molecule is NC(=O)[C@H](Cc1cccc(OCc2ccccc2)c1)NC(=O)[C@@H](O)c1ccccc1. The van der Waals surface area contributed by atoms with Crippen molar-refractivity contribution in [2.24, 2.45) is 5.73 Å². The Hall–Kier alpha value is -3.64. The first-order valence-corrected chi connectivity index (χ1v) is 9.61. The lowest BCUT2D eigenvalue weighted by Crippen LogP contribution is -2.47. The molecule has 2 amide bonds. The van der Waals surface area contributed by atoms with Crippen LogP contribution in [-0.4, -0.2) is 23.0 Å². The van der Waals surface area contributed by atoms with Crippen LogP contribution in [0.3, 0.4) is 0 Å². The molecule has 0 heterocycles. The van der Waals surface area contributed by atoms with E-state index in [4.69, 9.17) is 10.5 Å². The van der Waals surface area contributed by atoms with Crippen molar-refractivity contribution in [1.29, 1.82) is 0 Å². The zero-order chi connectivity index (χ0) is 21.3. The minimum atomic E-state index is -1.38. The molecule has 6 heteroatoms. The van der Waals surface area contributed by atoms with Crippen molar-refractivity contribution >= 4 is 11.8 Å². The number of primary amides is 1. The van der Waals surface area contributed by atoms with Gasteiger partial charge in [-0.15, -0.1) is 0 Å². The molecular formula is C24H24N2O4. The van der Waals surface area contributed by atoms with Crippen molar-refractivity contribution in [1.82, 2.24) is 5.32 Å². The van der Waals surface area contributed by atoms with Gasteiger partial charge in [-0.2, -0.15) is 0 Å². The highest BCUT2D eigenvalue weighted by Crippen LogP contribution is 2.17. The molecule has 0 spiro atoms. The second kappa shape index (κ2) is 10.2. The van der Waals surface area contributed by atoms with Crippen molar-refractivity contribution in [3.05, 3.63) is 102 Å². The molecule has 0 aliphatic rings. The Morgan fingerprint density at radius 2 is 1.53 bits per heavy atom. The normalized spacial score (nSPS) is 12.6. The molecule has 0 aliphatic carbocycles. The predicted octanol–water partition coefficient (Wildman–Crippen LogP) is 2.51. The Labute approximate surface area is 175 Å². The molecule has 154 valence electrons. The van der Waals surface area contributed by atoms with E-state index in [-0.39, 0.29) is 6.42 Å². The number of nitrogens with two attached hydrogens (primary N) is 1. The Balaban J connectivity index is 1.63. The van der Waals surface area contributed by atoms with Gasteiger partial charge in [0.05, 0.1) is 0 Å². The first-order valence-electron chi connectivity index (χ1n) is 9.61. The van der Waals surface area contributed by atoms with Crippen LogP contribution >= 0.6 is 0 Å². The van der Waals surface area contributed by atoms with E-state index in [1.165, 1.54) is 0 Å². The van der Waals surface area contributed by atoms with E-state index < -0.39 is 24.0 Å². The quantitative estimate of drug-likeness (QED) is 0.510. The first kappa shape index (κ1) is 21.1. The van der Waals surface area contributed by atoms with E-state index in [1.54, 1.807) is 36.4 Å². The third kappa shape index (κ3) is 5.93. The van der Waals surface area contributed by atoms with E-state index in [0.717, 1.165) is 11.1 Å². The van der Waals surface area contributed by atoms with Gasteiger partial charge in [0.1, 0.15) is 18.4 Å². The van der Waals surface area contributed by atoms with Crippen LogP contribution in [0.2, 0.25) is 0 Å². The van der Waals surface area contributed by atoms with Crippen LogP contribution in [0, 0.1) is 0 Å². The Morgan fingerprint density at radius 1 is 0.900 bits per heavy atom. The molecule has 3 aromatic rings. The van der Waals surface area contributed by atoms with Crippen LogP contribution < -0.4 is 15.8 Å². The standard InChI is InChI=1S/C24H24N2O4/c25-23(28)21(26-24(29)22(27)19-11-5-2-6-12-19)15-18-10-7-13-20(14-18)30-16-17-8-3-1-4-9-17/h1-14,21-22,27H,15-16H2,(H2,25,28)(H,26,29)/t21-,22-/m0/s1. The van der Waals surface area contributed by atoms with E-state index in [1.807, 2.05) is 48.5 Å². The Bertz CT molecular complexity index is 977. The van der Waals surface area contributed by atoms with E-state index in [9.17, 15) is 14.7 Å². The summed E-state index contributed by atoms with van der Waals surface area (Å²) in [6.07, 6.45) is -1.20. The second-order valence-corrected chi connectivity index (χ2v) is 6.90. The highest BCUT2D eigenvalue weighted by molar-refractivity contribution is 5.89. The van der Waals surface area contributed by atoms with Crippen LogP contribution in [0.15, 0.2) is 84.9 Å². The van der Waals surface area contributed by atoms with Gasteiger partial charge in [0, 0.05) is 6.42 Å². The molecule has 0 unspecified atom stereocenters.